The molecule has 6 nitrogen and oxygen atoms in total. The van der Waals surface area contributed by atoms with Gasteiger partial charge in [-0.05, 0) is 25.0 Å². The van der Waals surface area contributed by atoms with E-state index in [-0.39, 0.29) is 19.0 Å². The van der Waals surface area contributed by atoms with Crippen LogP contribution in [0.4, 0.5) is 10.5 Å². The minimum Gasteiger partial charge on any atom is -0.481 e. The van der Waals surface area contributed by atoms with E-state index in [1.165, 1.54) is 4.90 Å². The Labute approximate surface area is 123 Å². The number of urea groups is 1. The number of β-amino-alcohol motifs (C(OH)–C–C–N with tert-alkyl or cyclic N) is 1. The number of anilines is 1. The molecule has 0 bridgehead atoms. The first-order chi connectivity index (χ1) is 9.99. The highest BCUT2D eigenvalue weighted by Crippen LogP contribution is 2.22. The zero-order valence-electron chi connectivity index (χ0n) is 12.0. The van der Waals surface area contributed by atoms with Crippen LogP contribution in [-0.4, -0.2) is 52.9 Å². The first kappa shape index (κ1) is 15.3. The van der Waals surface area contributed by atoms with Gasteiger partial charge in [0.05, 0.1) is 12.5 Å². The van der Waals surface area contributed by atoms with E-state index in [9.17, 15) is 14.7 Å². The number of rotatable bonds is 4. The third-order valence-corrected chi connectivity index (χ3v) is 3.62. The highest BCUT2D eigenvalue weighted by atomic mass is 16.4. The van der Waals surface area contributed by atoms with Crippen molar-refractivity contribution in [1.29, 1.82) is 0 Å². The maximum absolute atomic E-state index is 12.6. The third kappa shape index (κ3) is 3.72. The molecule has 1 unspecified atom stereocenters. The lowest BCUT2D eigenvalue weighted by atomic mass is 10.2. The lowest BCUT2D eigenvalue weighted by molar-refractivity contribution is -0.136. The van der Waals surface area contributed by atoms with Crippen LogP contribution in [0.1, 0.15) is 18.4 Å². The van der Waals surface area contributed by atoms with Crippen LogP contribution in [-0.2, 0) is 4.79 Å². The fourth-order valence-electron chi connectivity index (χ4n) is 2.48. The number of carbonyl (C=O) groups is 2. The van der Waals surface area contributed by atoms with Crippen molar-refractivity contribution >= 4 is 17.7 Å². The first-order valence-corrected chi connectivity index (χ1v) is 7.01. The van der Waals surface area contributed by atoms with Crippen molar-refractivity contribution in [2.45, 2.75) is 25.9 Å². The number of aliphatic carboxylic acids is 1. The van der Waals surface area contributed by atoms with E-state index in [2.05, 4.69) is 0 Å². The van der Waals surface area contributed by atoms with Crippen molar-refractivity contribution < 1.29 is 19.8 Å². The zero-order chi connectivity index (χ0) is 15.4. The summed E-state index contributed by atoms with van der Waals surface area (Å²) in [6, 6.07) is 7.14. The molecule has 1 saturated heterocycles. The van der Waals surface area contributed by atoms with E-state index in [0.717, 1.165) is 5.56 Å². The molecule has 0 radical (unpaired) electrons. The molecule has 1 aromatic carbocycles. The second-order valence-corrected chi connectivity index (χ2v) is 5.25. The summed E-state index contributed by atoms with van der Waals surface area (Å²) in [6.07, 6.45) is -0.0462. The number of para-hydroxylation sites is 1. The van der Waals surface area contributed by atoms with Crippen molar-refractivity contribution in [2.75, 3.05) is 24.5 Å². The van der Waals surface area contributed by atoms with Crippen molar-refractivity contribution in [2.24, 2.45) is 0 Å². The van der Waals surface area contributed by atoms with E-state index in [1.807, 2.05) is 31.2 Å². The van der Waals surface area contributed by atoms with Gasteiger partial charge in [-0.1, -0.05) is 18.2 Å². The van der Waals surface area contributed by atoms with E-state index in [0.29, 0.717) is 25.2 Å². The number of likely N-dealkylation sites (tertiary alicyclic amines) is 1. The van der Waals surface area contributed by atoms with E-state index >= 15 is 0 Å². The van der Waals surface area contributed by atoms with E-state index in [1.54, 1.807) is 4.90 Å². The summed E-state index contributed by atoms with van der Waals surface area (Å²) in [5, 5.41) is 18.4. The molecular weight excluding hydrogens is 272 g/mol. The van der Waals surface area contributed by atoms with Gasteiger partial charge in [-0.3, -0.25) is 9.69 Å². The molecule has 1 aliphatic rings. The summed E-state index contributed by atoms with van der Waals surface area (Å²) in [4.78, 5) is 26.5. The summed E-state index contributed by atoms with van der Waals surface area (Å²) in [6.45, 7) is 2.80. The predicted molar refractivity (Wildman–Crippen MR) is 78.4 cm³/mol. The average molecular weight is 292 g/mol. The van der Waals surface area contributed by atoms with Gasteiger partial charge < -0.3 is 15.1 Å². The standard InChI is InChI=1S/C15H20N2O4/c1-11-4-2-3-5-13(11)17(9-7-14(19)20)15(21)16-8-6-12(18)10-16/h2-5,12,18H,6-10H2,1H3,(H,19,20). The summed E-state index contributed by atoms with van der Waals surface area (Å²) in [7, 11) is 0. The number of hydrogen-bond acceptors (Lipinski definition) is 3. The Morgan fingerprint density at radius 1 is 1.38 bits per heavy atom. The van der Waals surface area contributed by atoms with Crippen LogP contribution in [0.2, 0.25) is 0 Å². The van der Waals surface area contributed by atoms with Crippen molar-refractivity contribution in [3.63, 3.8) is 0 Å². The molecule has 0 aliphatic carbocycles. The van der Waals surface area contributed by atoms with Crippen LogP contribution in [0.5, 0.6) is 0 Å². The Balaban J connectivity index is 2.21. The normalized spacial score (nSPS) is 17.8. The average Bonchev–Trinajstić information content (AvgIpc) is 2.87. The lowest BCUT2D eigenvalue weighted by Gasteiger charge is -2.28. The molecule has 0 aromatic heterocycles. The van der Waals surface area contributed by atoms with Gasteiger partial charge in [0.1, 0.15) is 0 Å². The number of benzene rings is 1. The number of nitrogens with zero attached hydrogens (tertiary/aromatic N) is 2. The van der Waals surface area contributed by atoms with Crippen LogP contribution >= 0.6 is 0 Å². The van der Waals surface area contributed by atoms with Gasteiger partial charge in [0.15, 0.2) is 0 Å². The van der Waals surface area contributed by atoms with Gasteiger partial charge in [-0.2, -0.15) is 0 Å². The number of hydrogen-bond donors (Lipinski definition) is 2. The number of aliphatic hydroxyl groups excluding tert-OH is 1. The highest BCUT2D eigenvalue weighted by Gasteiger charge is 2.29. The first-order valence-electron chi connectivity index (χ1n) is 7.01. The second kappa shape index (κ2) is 6.58. The molecular formula is C15H20N2O4. The molecule has 1 aliphatic heterocycles. The minimum absolute atomic E-state index is 0.115. The number of carboxylic acid groups (broad SMARTS) is 1. The summed E-state index contributed by atoms with van der Waals surface area (Å²) in [5.74, 6) is -0.942. The van der Waals surface area contributed by atoms with Gasteiger partial charge in [0.2, 0.25) is 0 Å². The lowest BCUT2D eigenvalue weighted by Crippen LogP contribution is -2.43. The Morgan fingerprint density at radius 3 is 2.67 bits per heavy atom. The van der Waals surface area contributed by atoms with Crippen LogP contribution in [0.25, 0.3) is 0 Å². The highest BCUT2D eigenvalue weighted by molar-refractivity contribution is 5.93. The molecule has 114 valence electrons. The Morgan fingerprint density at radius 2 is 2.10 bits per heavy atom. The van der Waals surface area contributed by atoms with Gasteiger partial charge in [-0.15, -0.1) is 0 Å². The Bertz CT molecular complexity index is 532. The topological polar surface area (TPSA) is 81.1 Å². The fourth-order valence-corrected chi connectivity index (χ4v) is 2.48. The largest absolute Gasteiger partial charge is 0.481 e. The van der Waals surface area contributed by atoms with Gasteiger partial charge in [-0.25, -0.2) is 4.79 Å². The maximum Gasteiger partial charge on any atom is 0.324 e. The molecule has 1 heterocycles. The summed E-state index contributed by atoms with van der Waals surface area (Å²) >= 11 is 0. The van der Waals surface area contributed by atoms with Gasteiger partial charge in [0.25, 0.3) is 0 Å². The number of carbonyl (C=O) groups excluding carboxylic acids is 1. The summed E-state index contributed by atoms with van der Waals surface area (Å²) in [5.41, 5.74) is 1.63. The Hall–Kier alpha value is -2.08. The number of carboxylic acids is 1. The van der Waals surface area contributed by atoms with Crippen LogP contribution < -0.4 is 4.90 Å². The van der Waals surface area contributed by atoms with Crippen molar-refractivity contribution in [3.05, 3.63) is 29.8 Å². The zero-order valence-corrected chi connectivity index (χ0v) is 12.0. The molecule has 1 atom stereocenters. The molecule has 0 saturated carbocycles. The van der Waals surface area contributed by atoms with Crippen LogP contribution in [0, 0.1) is 6.92 Å². The number of amides is 2. The molecule has 21 heavy (non-hydrogen) atoms. The van der Waals surface area contributed by atoms with Crippen LogP contribution in [0.3, 0.4) is 0 Å². The van der Waals surface area contributed by atoms with Crippen molar-refractivity contribution in [1.82, 2.24) is 4.90 Å². The predicted octanol–water partition coefficient (Wildman–Crippen LogP) is 1.46. The quantitative estimate of drug-likeness (QED) is 0.880. The van der Waals surface area contributed by atoms with Gasteiger partial charge >= 0.3 is 12.0 Å². The number of aryl methyl sites for hydroxylation is 1. The maximum atomic E-state index is 12.6. The van der Waals surface area contributed by atoms with Crippen LogP contribution in [0.15, 0.2) is 24.3 Å². The van der Waals surface area contributed by atoms with E-state index in [4.69, 9.17) is 5.11 Å². The van der Waals surface area contributed by atoms with Crippen molar-refractivity contribution in [3.8, 4) is 0 Å². The molecule has 2 N–H and O–H groups in total. The molecule has 2 amide bonds. The van der Waals surface area contributed by atoms with Gasteiger partial charge in [0, 0.05) is 25.3 Å². The molecule has 0 spiro atoms. The minimum atomic E-state index is -0.942. The fraction of sp³-hybridized carbons (Fsp3) is 0.467. The monoisotopic (exact) mass is 292 g/mol. The summed E-state index contributed by atoms with van der Waals surface area (Å²) < 4.78 is 0. The molecule has 2 rings (SSSR count). The smallest absolute Gasteiger partial charge is 0.324 e. The number of aliphatic hydroxyl groups is 1. The Kier molecular flexibility index (Phi) is 4.80. The molecule has 6 heteroatoms. The third-order valence-electron chi connectivity index (χ3n) is 3.62. The second-order valence-electron chi connectivity index (χ2n) is 5.25. The SMILES string of the molecule is Cc1ccccc1N(CCC(=O)O)C(=O)N1CCC(O)C1. The molecule has 1 fully saturated rings. The molecule has 1 aromatic rings. The van der Waals surface area contributed by atoms with E-state index < -0.39 is 12.1 Å².